The molecule has 0 saturated carbocycles. The second-order valence-electron chi connectivity index (χ2n) is 4.72. The predicted molar refractivity (Wildman–Crippen MR) is 90.4 cm³/mol. The van der Waals surface area contributed by atoms with E-state index in [0.717, 1.165) is 15.7 Å². The van der Waals surface area contributed by atoms with E-state index in [1.165, 1.54) is 11.1 Å². The van der Waals surface area contributed by atoms with Crippen molar-refractivity contribution >= 4 is 27.8 Å². The van der Waals surface area contributed by atoms with Gasteiger partial charge in [-0.15, -0.1) is 0 Å². The Morgan fingerprint density at radius 1 is 1.10 bits per heavy atom. The lowest BCUT2D eigenvalue weighted by atomic mass is 10.1. The molecule has 4 heteroatoms. The largest absolute Gasteiger partial charge is 0.493 e. The molecule has 0 fully saturated rings. The number of ether oxygens (including phenoxy) is 2. The highest BCUT2D eigenvalue weighted by Crippen LogP contribution is 2.36. The normalized spacial score (nSPS) is 10.9. The van der Waals surface area contributed by atoms with Gasteiger partial charge in [-0.25, -0.2) is 0 Å². The van der Waals surface area contributed by atoms with Crippen LogP contribution in [0.3, 0.4) is 0 Å². The Balaban J connectivity index is 2.37. The zero-order chi connectivity index (χ0) is 15.4. The molecule has 0 unspecified atom stereocenters. The van der Waals surface area contributed by atoms with Gasteiger partial charge < -0.3 is 9.47 Å². The van der Waals surface area contributed by atoms with Crippen molar-refractivity contribution in [1.82, 2.24) is 0 Å². The first-order valence-corrected chi connectivity index (χ1v) is 7.38. The molecule has 0 heterocycles. The highest BCUT2D eigenvalue weighted by atomic mass is 79.9. The van der Waals surface area contributed by atoms with Crippen LogP contribution in [0.15, 0.2) is 39.8 Å². The lowest BCUT2D eigenvalue weighted by molar-refractivity contribution is 0.353. The Labute approximate surface area is 133 Å². The maximum atomic E-state index is 5.34. The SMILES string of the molecule is COc1cc(C=Nc2cccc(C)c2C)cc(Br)c1OC. The Bertz CT molecular complexity index is 681. The maximum absolute atomic E-state index is 5.34. The minimum absolute atomic E-state index is 0.675. The Morgan fingerprint density at radius 2 is 1.86 bits per heavy atom. The van der Waals surface area contributed by atoms with Crippen molar-refractivity contribution in [3.05, 3.63) is 51.5 Å². The first-order valence-electron chi connectivity index (χ1n) is 6.58. The molecule has 21 heavy (non-hydrogen) atoms. The van der Waals surface area contributed by atoms with Crippen LogP contribution in [0, 0.1) is 13.8 Å². The number of rotatable bonds is 4. The number of benzene rings is 2. The van der Waals surface area contributed by atoms with Crippen molar-refractivity contribution in [1.29, 1.82) is 0 Å². The first-order chi connectivity index (χ1) is 10.1. The summed E-state index contributed by atoms with van der Waals surface area (Å²) in [6.45, 7) is 4.16. The van der Waals surface area contributed by atoms with E-state index in [4.69, 9.17) is 9.47 Å². The van der Waals surface area contributed by atoms with Crippen LogP contribution in [0.1, 0.15) is 16.7 Å². The van der Waals surface area contributed by atoms with Crippen molar-refractivity contribution in [2.24, 2.45) is 4.99 Å². The Hall–Kier alpha value is -1.81. The third-order valence-corrected chi connectivity index (χ3v) is 3.97. The van der Waals surface area contributed by atoms with Gasteiger partial charge in [0.2, 0.25) is 0 Å². The summed E-state index contributed by atoms with van der Waals surface area (Å²) in [6, 6.07) is 9.96. The monoisotopic (exact) mass is 347 g/mol. The fraction of sp³-hybridized carbons (Fsp3) is 0.235. The lowest BCUT2D eigenvalue weighted by Crippen LogP contribution is -1.93. The molecular weight excluding hydrogens is 330 g/mol. The molecule has 0 aliphatic carbocycles. The van der Waals surface area contributed by atoms with Crippen LogP contribution in [-0.2, 0) is 0 Å². The highest BCUT2D eigenvalue weighted by Gasteiger charge is 2.09. The van der Waals surface area contributed by atoms with E-state index < -0.39 is 0 Å². The zero-order valence-corrected chi connectivity index (χ0v) is 14.2. The van der Waals surface area contributed by atoms with Crippen molar-refractivity contribution in [2.75, 3.05) is 14.2 Å². The number of halogens is 1. The van der Waals surface area contributed by atoms with Gasteiger partial charge in [0.25, 0.3) is 0 Å². The van der Waals surface area contributed by atoms with Gasteiger partial charge in [0.15, 0.2) is 11.5 Å². The van der Waals surface area contributed by atoms with Gasteiger partial charge >= 0.3 is 0 Å². The van der Waals surface area contributed by atoms with Crippen LogP contribution < -0.4 is 9.47 Å². The van der Waals surface area contributed by atoms with Gasteiger partial charge in [0.1, 0.15) is 0 Å². The number of aryl methyl sites for hydroxylation is 1. The van der Waals surface area contributed by atoms with Gasteiger partial charge in [-0.05, 0) is 64.7 Å². The summed E-state index contributed by atoms with van der Waals surface area (Å²) in [6.07, 6.45) is 1.83. The van der Waals surface area contributed by atoms with Gasteiger partial charge in [-0.1, -0.05) is 12.1 Å². The topological polar surface area (TPSA) is 30.8 Å². The van der Waals surface area contributed by atoms with Crippen LogP contribution in [0.4, 0.5) is 5.69 Å². The van der Waals surface area contributed by atoms with E-state index in [0.29, 0.717) is 11.5 Å². The lowest BCUT2D eigenvalue weighted by Gasteiger charge is -2.10. The summed E-state index contributed by atoms with van der Waals surface area (Å²) in [4.78, 5) is 4.57. The van der Waals surface area contributed by atoms with Gasteiger partial charge in [0.05, 0.1) is 24.4 Å². The smallest absolute Gasteiger partial charge is 0.174 e. The van der Waals surface area contributed by atoms with Crippen molar-refractivity contribution in [3.8, 4) is 11.5 Å². The molecule has 2 rings (SSSR count). The van der Waals surface area contributed by atoms with Crippen LogP contribution in [0.2, 0.25) is 0 Å². The Kier molecular flexibility index (Phi) is 5.02. The molecule has 0 saturated heterocycles. The van der Waals surface area contributed by atoms with Gasteiger partial charge in [0, 0.05) is 6.21 Å². The van der Waals surface area contributed by atoms with Crippen LogP contribution in [-0.4, -0.2) is 20.4 Å². The molecule has 0 spiro atoms. The van der Waals surface area contributed by atoms with E-state index in [9.17, 15) is 0 Å². The standard InChI is InChI=1S/C17H18BrNO2/c1-11-6-5-7-15(12(11)2)19-10-13-8-14(18)17(21-4)16(9-13)20-3/h5-10H,1-4H3. The summed E-state index contributed by atoms with van der Waals surface area (Å²) < 4.78 is 11.5. The molecule has 2 aromatic rings. The van der Waals surface area contributed by atoms with Crippen molar-refractivity contribution in [3.63, 3.8) is 0 Å². The number of aliphatic imine (C=N–C) groups is 1. The van der Waals surface area contributed by atoms with Crippen LogP contribution in [0.5, 0.6) is 11.5 Å². The van der Waals surface area contributed by atoms with E-state index in [-0.39, 0.29) is 0 Å². The van der Waals surface area contributed by atoms with Crippen molar-refractivity contribution in [2.45, 2.75) is 13.8 Å². The molecule has 0 aliphatic heterocycles. The summed E-state index contributed by atoms with van der Waals surface area (Å²) in [5.74, 6) is 1.36. The average molecular weight is 348 g/mol. The first kappa shape index (κ1) is 15.6. The zero-order valence-electron chi connectivity index (χ0n) is 12.6. The predicted octanol–water partition coefficient (Wildman–Crippen LogP) is 4.83. The van der Waals surface area contributed by atoms with E-state index >= 15 is 0 Å². The Morgan fingerprint density at radius 3 is 2.52 bits per heavy atom. The molecule has 0 N–H and O–H groups in total. The fourth-order valence-electron chi connectivity index (χ4n) is 2.03. The summed E-state index contributed by atoms with van der Waals surface area (Å²) in [5, 5.41) is 0. The minimum atomic E-state index is 0.675. The maximum Gasteiger partial charge on any atom is 0.174 e. The van der Waals surface area contributed by atoms with Gasteiger partial charge in [-0.3, -0.25) is 4.99 Å². The van der Waals surface area contributed by atoms with E-state index in [1.54, 1.807) is 14.2 Å². The van der Waals surface area contributed by atoms with Gasteiger partial charge in [-0.2, -0.15) is 0 Å². The summed E-state index contributed by atoms with van der Waals surface area (Å²) in [7, 11) is 3.24. The average Bonchev–Trinajstić information content (AvgIpc) is 2.48. The summed E-state index contributed by atoms with van der Waals surface area (Å²) >= 11 is 3.48. The van der Waals surface area contributed by atoms with Crippen molar-refractivity contribution < 1.29 is 9.47 Å². The number of nitrogens with zero attached hydrogens (tertiary/aromatic N) is 1. The summed E-state index contributed by atoms with van der Waals surface area (Å²) in [5.41, 5.74) is 4.34. The second-order valence-corrected chi connectivity index (χ2v) is 5.57. The highest BCUT2D eigenvalue weighted by molar-refractivity contribution is 9.10. The van der Waals surface area contributed by atoms with E-state index in [1.807, 2.05) is 30.5 Å². The van der Waals surface area contributed by atoms with E-state index in [2.05, 4.69) is 40.8 Å². The molecular formula is C17H18BrNO2. The third-order valence-electron chi connectivity index (χ3n) is 3.38. The third kappa shape index (κ3) is 3.45. The molecule has 2 aromatic carbocycles. The number of methoxy groups -OCH3 is 2. The molecule has 0 bridgehead atoms. The molecule has 0 atom stereocenters. The number of hydrogen-bond acceptors (Lipinski definition) is 3. The second kappa shape index (κ2) is 6.76. The molecule has 0 aliphatic rings. The van der Waals surface area contributed by atoms with Crippen LogP contribution in [0.25, 0.3) is 0 Å². The molecule has 3 nitrogen and oxygen atoms in total. The van der Waals surface area contributed by atoms with Crippen LogP contribution >= 0.6 is 15.9 Å². The fourth-order valence-corrected chi connectivity index (χ4v) is 2.65. The molecule has 0 radical (unpaired) electrons. The molecule has 0 amide bonds. The number of hydrogen-bond donors (Lipinski definition) is 0. The molecule has 110 valence electrons. The minimum Gasteiger partial charge on any atom is -0.493 e. The molecule has 0 aromatic heterocycles. The quantitative estimate of drug-likeness (QED) is 0.741.